The van der Waals surface area contributed by atoms with E-state index in [1.165, 1.54) is 45.6 Å². The first-order valence-electron chi connectivity index (χ1n) is 6.85. The summed E-state index contributed by atoms with van der Waals surface area (Å²) in [5.41, 5.74) is 6.04. The summed E-state index contributed by atoms with van der Waals surface area (Å²) in [6.45, 7) is 12.9. The summed E-state index contributed by atoms with van der Waals surface area (Å²) < 4.78 is 0. The average molecular weight is 227 g/mol. The molecule has 1 fully saturated rings. The molecule has 0 amide bonds. The number of hydrogen-bond donors (Lipinski definition) is 1. The average Bonchev–Trinajstić information content (AvgIpc) is 2.27. The monoisotopic (exact) mass is 227 g/mol. The molecular weight excluding hydrogens is 198 g/mol. The Labute approximate surface area is 101 Å². The van der Waals surface area contributed by atoms with Crippen LogP contribution >= 0.6 is 0 Å². The van der Waals surface area contributed by atoms with E-state index in [1.807, 2.05) is 0 Å². The number of hydrogen-bond acceptors (Lipinski definition) is 3. The van der Waals surface area contributed by atoms with E-state index in [1.54, 1.807) is 0 Å². The highest BCUT2D eigenvalue weighted by Crippen LogP contribution is 2.07. The van der Waals surface area contributed by atoms with Gasteiger partial charge >= 0.3 is 0 Å². The van der Waals surface area contributed by atoms with E-state index in [4.69, 9.17) is 5.73 Å². The summed E-state index contributed by atoms with van der Waals surface area (Å²) in [6.07, 6.45) is 3.55. The van der Waals surface area contributed by atoms with Crippen molar-refractivity contribution in [3.63, 3.8) is 0 Å². The van der Waals surface area contributed by atoms with Gasteiger partial charge in [-0.3, -0.25) is 4.90 Å². The Morgan fingerprint density at radius 3 is 2.19 bits per heavy atom. The maximum absolute atomic E-state index is 6.04. The fourth-order valence-electron chi connectivity index (χ4n) is 2.37. The Morgan fingerprint density at radius 1 is 1.06 bits per heavy atom. The first-order valence-corrected chi connectivity index (χ1v) is 6.85. The van der Waals surface area contributed by atoms with Gasteiger partial charge in [-0.1, -0.05) is 13.3 Å². The van der Waals surface area contributed by atoms with E-state index in [0.717, 1.165) is 6.42 Å². The van der Waals surface area contributed by atoms with Crippen LogP contribution in [0.5, 0.6) is 0 Å². The van der Waals surface area contributed by atoms with Gasteiger partial charge in [0.1, 0.15) is 0 Å². The summed E-state index contributed by atoms with van der Waals surface area (Å²) in [6, 6.07) is 1.11. The normalized spacial score (nSPS) is 21.6. The first-order chi connectivity index (χ1) is 7.63. The number of nitrogens with zero attached hydrogens (tertiary/aromatic N) is 2. The molecule has 1 saturated heterocycles. The summed E-state index contributed by atoms with van der Waals surface area (Å²) in [7, 11) is 0. The second-order valence-electron chi connectivity index (χ2n) is 5.31. The van der Waals surface area contributed by atoms with Gasteiger partial charge in [-0.05, 0) is 33.2 Å². The van der Waals surface area contributed by atoms with Crippen LogP contribution in [0.1, 0.15) is 40.0 Å². The van der Waals surface area contributed by atoms with Crippen LogP contribution in [0.15, 0.2) is 0 Å². The van der Waals surface area contributed by atoms with Crippen LogP contribution in [0.4, 0.5) is 0 Å². The van der Waals surface area contributed by atoms with Crippen molar-refractivity contribution in [1.82, 2.24) is 9.80 Å². The van der Waals surface area contributed by atoms with Crippen LogP contribution in [0.25, 0.3) is 0 Å². The fourth-order valence-corrected chi connectivity index (χ4v) is 2.37. The highest BCUT2D eigenvalue weighted by Gasteiger charge is 2.18. The molecule has 0 aliphatic carbocycles. The lowest BCUT2D eigenvalue weighted by Gasteiger charge is -2.37. The Balaban J connectivity index is 2.12. The number of rotatable bonds is 6. The molecule has 1 unspecified atom stereocenters. The van der Waals surface area contributed by atoms with Crippen molar-refractivity contribution in [2.24, 2.45) is 5.73 Å². The molecule has 1 aliphatic rings. The predicted molar refractivity (Wildman–Crippen MR) is 70.6 cm³/mol. The van der Waals surface area contributed by atoms with Gasteiger partial charge in [-0.25, -0.2) is 0 Å². The molecule has 96 valence electrons. The zero-order valence-corrected chi connectivity index (χ0v) is 11.3. The topological polar surface area (TPSA) is 32.5 Å². The first kappa shape index (κ1) is 13.9. The van der Waals surface area contributed by atoms with Crippen LogP contribution in [0, 0.1) is 0 Å². The number of piperazine rings is 1. The lowest BCUT2D eigenvalue weighted by molar-refractivity contribution is 0.106. The van der Waals surface area contributed by atoms with Gasteiger partial charge in [0.2, 0.25) is 0 Å². The molecule has 0 radical (unpaired) electrons. The van der Waals surface area contributed by atoms with Gasteiger partial charge < -0.3 is 10.6 Å². The SMILES string of the molecule is CCCC(N)CCN1CCN(C(C)C)CC1. The molecule has 0 spiro atoms. The Bertz CT molecular complexity index is 174. The molecule has 1 heterocycles. The van der Waals surface area contributed by atoms with Crippen molar-refractivity contribution < 1.29 is 0 Å². The molecular formula is C13H29N3. The molecule has 16 heavy (non-hydrogen) atoms. The van der Waals surface area contributed by atoms with Gasteiger partial charge in [0.25, 0.3) is 0 Å². The van der Waals surface area contributed by atoms with Crippen molar-refractivity contribution in [2.75, 3.05) is 32.7 Å². The standard InChI is InChI=1S/C13H29N3/c1-4-5-13(14)6-7-15-8-10-16(11-9-15)12(2)3/h12-13H,4-11,14H2,1-3H3. The van der Waals surface area contributed by atoms with E-state index in [2.05, 4.69) is 30.6 Å². The Kier molecular flexibility index (Phi) is 6.32. The third-order valence-electron chi connectivity index (χ3n) is 3.61. The van der Waals surface area contributed by atoms with E-state index >= 15 is 0 Å². The van der Waals surface area contributed by atoms with Crippen LogP contribution in [0.3, 0.4) is 0 Å². The molecule has 1 aliphatic heterocycles. The van der Waals surface area contributed by atoms with Crippen LogP contribution in [-0.2, 0) is 0 Å². The molecule has 0 aromatic heterocycles. The summed E-state index contributed by atoms with van der Waals surface area (Å²) in [4.78, 5) is 5.12. The molecule has 1 rings (SSSR count). The fraction of sp³-hybridized carbons (Fsp3) is 1.00. The van der Waals surface area contributed by atoms with Crippen molar-refractivity contribution in [3.8, 4) is 0 Å². The van der Waals surface area contributed by atoms with Crippen LogP contribution in [0.2, 0.25) is 0 Å². The molecule has 2 N–H and O–H groups in total. The minimum Gasteiger partial charge on any atom is -0.328 e. The highest BCUT2D eigenvalue weighted by atomic mass is 15.3. The minimum atomic E-state index is 0.410. The quantitative estimate of drug-likeness (QED) is 0.747. The highest BCUT2D eigenvalue weighted by molar-refractivity contribution is 4.75. The van der Waals surface area contributed by atoms with Gasteiger partial charge in [0.15, 0.2) is 0 Å². The second-order valence-corrected chi connectivity index (χ2v) is 5.31. The maximum atomic E-state index is 6.04. The van der Waals surface area contributed by atoms with Crippen LogP contribution < -0.4 is 5.73 Å². The smallest absolute Gasteiger partial charge is 0.0113 e. The zero-order valence-electron chi connectivity index (χ0n) is 11.3. The molecule has 0 bridgehead atoms. The van der Waals surface area contributed by atoms with E-state index < -0.39 is 0 Å². The molecule has 3 heteroatoms. The van der Waals surface area contributed by atoms with Crippen molar-refractivity contribution in [3.05, 3.63) is 0 Å². The molecule has 1 atom stereocenters. The number of nitrogens with two attached hydrogens (primary N) is 1. The molecule has 0 aromatic rings. The van der Waals surface area contributed by atoms with Crippen molar-refractivity contribution in [1.29, 1.82) is 0 Å². The van der Waals surface area contributed by atoms with E-state index in [9.17, 15) is 0 Å². The molecule has 3 nitrogen and oxygen atoms in total. The van der Waals surface area contributed by atoms with Gasteiger partial charge in [0, 0.05) is 38.3 Å². The molecule has 0 aromatic carbocycles. The summed E-state index contributed by atoms with van der Waals surface area (Å²) in [5, 5.41) is 0. The zero-order chi connectivity index (χ0) is 12.0. The molecule has 0 saturated carbocycles. The third-order valence-corrected chi connectivity index (χ3v) is 3.61. The predicted octanol–water partition coefficient (Wildman–Crippen LogP) is 1.53. The van der Waals surface area contributed by atoms with Crippen molar-refractivity contribution >= 4 is 0 Å². The Morgan fingerprint density at radius 2 is 1.69 bits per heavy atom. The lowest BCUT2D eigenvalue weighted by Crippen LogP contribution is -2.49. The van der Waals surface area contributed by atoms with E-state index in [-0.39, 0.29) is 0 Å². The minimum absolute atomic E-state index is 0.410. The third kappa shape index (κ3) is 4.81. The Hall–Kier alpha value is -0.120. The van der Waals surface area contributed by atoms with Crippen LogP contribution in [-0.4, -0.2) is 54.6 Å². The van der Waals surface area contributed by atoms with Gasteiger partial charge in [-0.15, -0.1) is 0 Å². The maximum Gasteiger partial charge on any atom is 0.0113 e. The van der Waals surface area contributed by atoms with Gasteiger partial charge in [-0.2, -0.15) is 0 Å². The summed E-state index contributed by atoms with van der Waals surface area (Å²) in [5.74, 6) is 0. The lowest BCUT2D eigenvalue weighted by atomic mass is 10.1. The van der Waals surface area contributed by atoms with Crippen molar-refractivity contribution in [2.45, 2.75) is 52.1 Å². The second kappa shape index (κ2) is 7.25. The largest absolute Gasteiger partial charge is 0.328 e. The summed E-state index contributed by atoms with van der Waals surface area (Å²) >= 11 is 0. The van der Waals surface area contributed by atoms with Gasteiger partial charge in [0.05, 0.1) is 0 Å². The van der Waals surface area contributed by atoms with E-state index in [0.29, 0.717) is 12.1 Å².